The molecule has 2 N–H and O–H groups in total. The number of aromatic nitrogens is 1. The standard InChI is InChI=1S/C25H20FN3O4/c26-19-8-6-16(7-9-19)13-29(25(31)27-20-4-2-1-3-5-20)14-18-10-17-11-22-23(33-15-32-22)12-21(17)28-24(18)30/h1-12H,13-15H2,(H,27,31)(H,28,30). The van der Waals surface area contributed by atoms with Crippen molar-refractivity contribution in [2.75, 3.05) is 12.1 Å². The number of nitrogens with zero attached hydrogens (tertiary/aromatic N) is 1. The third-order valence-electron chi connectivity index (χ3n) is 5.37. The fourth-order valence-electron chi connectivity index (χ4n) is 3.70. The summed E-state index contributed by atoms with van der Waals surface area (Å²) in [6, 6.07) is 19.8. The normalized spacial score (nSPS) is 12.0. The zero-order valence-corrected chi connectivity index (χ0v) is 17.5. The zero-order chi connectivity index (χ0) is 22.8. The van der Waals surface area contributed by atoms with E-state index in [0.29, 0.717) is 28.3 Å². The number of urea groups is 1. The van der Waals surface area contributed by atoms with Crippen LogP contribution in [-0.2, 0) is 13.1 Å². The number of anilines is 1. The average molecular weight is 445 g/mol. The van der Waals surface area contributed by atoms with Gasteiger partial charge in [0.05, 0.1) is 12.1 Å². The zero-order valence-electron chi connectivity index (χ0n) is 17.5. The number of fused-ring (bicyclic) bond motifs is 2. The molecule has 0 saturated carbocycles. The van der Waals surface area contributed by atoms with Crippen LogP contribution in [0.2, 0.25) is 0 Å². The van der Waals surface area contributed by atoms with Crippen molar-refractivity contribution < 1.29 is 18.7 Å². The minimum atomic E-state index is -0.379. The maximum atomic E-state index is 13.4. The van der Waals surface area contributed by atoms with E-state index in [0.717, 1.165) is 10.9 Å². The minimum Gasteiger partial charge on any atom is -0.454 e. The van der Waals surface area contributed by atoms with Gasteiger partial charge in [0.1, 0.15) is 5.82 Å². The lowest BCUT2D eigenvalue weighted by Gasteiger charge is -2.23. The highest BCUT2D eigenvalue weighted by Gasteiger charge is 2.19. The Morgan fingerprint density at radius 2 is 1.70 bits per heavy atom. The van der Waals surface area contributed by atoms with Crippen LogP contribution in [0.4, 0.5) is 14.9 Å². The number of carbonyl (C=O) groups is 1. The molecule has 0 aliphatic carbocycles. The molecule has 3 aromatic carbocycles. The molecule has 8 heteroatoms. The Bertz CT molecular complexity index is 1370. The van der Waals surface area contributed by atoms with E-state index in [4.69, 9.17) is 9.47 Å². The van der Waals surface area contributed by atoms with E-state index >= 15 is 0 Å². The highest BCUT2D eigenvalue weighted by Crippen LogP contribution is 2.35. The smallest absolute Gasteiger partial charge is 0.322 e. The first-order chi connectivity index (χ1) is 16.0. The van der Waals surface area contributed by atoms with Gasteiger partial charge in [-0.2, -0.15) is 0 Å². The number of amides is 2. The molecule has 2 heterocycles. The van der Waals surface area contributed by atoms with E-state index in [9.17, 15) is 14.0 Å². The molecule has 33 heavy (non-hydrogen) atoms. The Morgan fingerprint density at radius 3 is 2.45 bits per heavy atom. The number of rotatable bonds is 5. The fourth-order valence-corrected chi connectivity index (χ4v) is 3.70. The molecule has 0 unspecified atom stereocenters. The summed E-state index contributed by atoms with van der Waals surface area (Å²) in [5.41, 5.74) is 2.09. The van der Waals surface area contributed by atoms with Crippen LogP contribution in [-0.4, -0.2) is 22.7 Å². The molecular formula is C25H20FN3O4. The van der Waals surface area contributed by atoms with E-state index in [2.05, 4.69) is 10.3 Å². The molecule has 1 aromatic heterocycles. The third kappa shape index (κ3) is 4.50. The van der Waals surface area contributed by atoms with Crippen LogP contribution in [0.25, 0.3) is 10.9 Å². The number of pyridine rings is 1. The Morgan fingerprint density at radius 1 is 0.970 bits per heavy atom. The number of H-pyrrole nitrogens is 1. The first-order valence-electron chi connectivity index (χ1n) is 10.4. The van der Waals surface area contributed by atoms with Gasteiger partial charge >= 0.3 is 6.03 Å². The molecule has 0 saturated heterocycles. The van der Waals surface area contributed by atoms with Crippen molar-refractivity contribution in [3.63, 3.8) is 0 Å². The van der Waals surface area contributed by atoms with Gasteiger partial charge < -0.3 is 24.7 Å². The van der Waals surface area contributed by atoms with Crippen molar-refractivity contribution in [2.24, 2.45) is 0 Å². The van der Waals surface area contributed by atoms with Gasteiger partial charge in [0.25, 0.3) is 5.56 Å². The second-order valence-corrected chi connectivity index (χ2v) is 7.70. The second kappa shape index (κ2) is 8.66. The van der Waals surface area contributed by atoms with Crippen molar-refractivity contribution in [3.8, 4) is 11.5 Å². The molecule has 2 amide bonds. The Kier molecular flexibility index (Phi) is 5.40. The summed E-state index contributed by atoms with van der Waals surface area (Å²) in [6.07, 6.45) is 0. The number of hydrogen-bond donors (Lipinski definition) is 2. The van der Waals surface area contributed by atoms with Gasteiger partial charge in [0, 0.05) is 29.2 Å². The average Bonchev–Trinajstić information content (AvgIpc) is 3.27. The molecular weight excluding hydrogens is 425 g/mol. The summed E-state index contributed by atoms with van der Waals surface area (Å²) in [5.74, 6) is 0.820. The lowest BCUT2D eigenvalue weighted by atomic mass is 10.1. The topological polar surface area (TPSA) is 83.7 Å². The number of benzene rings is 3. The van der Waals surface area contributed by atoms with Gasteiger partial charge in [-0.25, -0.2) is 9.18 Å². The van der Waals surface area contributed by atoms with Gasteiger partial charge in [-0.1, -0.05) is 30.3 Å². The van der Waals surface area contributed by atoms with Crippen molar-refractivity contribution in [3.05, 3.63) is 100 Å². The lowest BCUT2D eigenvalue weighted by Crippen LogP contribution is -2.35. The molecule has 0 bridgehead atoms. The summed E-state index contributed by atoms with van der Waals surface area (Å²) in [7, 11) is 0. The largest absolute Gasteiger partial charge is 0.454 e. The van der Waals surface area contributed by atoms with Crippen molar-refractivity contribution >= 4 is 22.6 Å². The first-order valence-corrected chi connectivity index (χ1v) is 10.4. The van der Waals surface area contributed by atoms with Gasteiger partial charge in [-0.05, 0) is 42.0 Å². The molecule has 4 aromatic rings. The molecule has 0 radical (unpaired) electrons. The maximum Gasteiger partial charge on any atom is 0.322 e. The SMILES string of the molecule is O=C(Nc1ccccc1)N(Cc1ccc(F)cc1)Cc1cc2cc3c(cc2[nH]c1=O)OCO3. The Labute approximate surface area is 188 Å². The summed E-state index contributed by atoms with van der Waals surface area (Å²) < 4.78 is 24.2. The van der Waals surface area contributed by atoms with Crippen LogP contribution < -0.4 is 20.3 Å². The predicted octanol–water partition coefficient (Wildman–Crippen LogP) is 4.63. The summed E-state index contributed by atoms with van der Waals surface area (Å²) in [4.78, 5) is 30.3. The fraction of sp³-hybridized carbons (Fsp3) is 0.120. The molecule has 1 aliphatic rings. The van der Waals surface area contributed by atoms with E-state index in [1.807, 2.05) is 18.2 Å². The van der Waals surface area contributed by atoms with Crippen LogP contribution >= 0.6 is 0 Å². The van der Waals surface area contributed by atoms with Gasteiger partial charge in [0.15, 0.2) is 11.5 Å². The number of hydrogen-bond acceptors (Lipinski definition) is 4. The maximum absolute atomic E-state index is 13.4. The number of para-hydroxylation sites is 1. The summed E-state index contributed by atoms with van der Waals surface area (Å²) >= 11 is 0. The highest BCUT2D eigenvalue weighted by atomic mass is 19.1. The van der Waals surface area contributed by atoms with Crippen LogP contribution in [0.3, 0.4) is 0 Å². The van der Waals surface area contributed by atoms with Crippen LogP contribution in [0.5, 0.6) is 11.5 Å². The van der Waals surface area contributed by atoms with Crippen molar-refractivity contribution in [1.29, 1.82) is 0 Å². The van der Waals surface area contributed by atoms with E-state index in [-0.39, 0.29) is 37.3 Å². The van der Waals surface area contributed by atoms with E-state index in [1.165, 1.54) is 17.0 Å². The van der Waals surface area contributed by atoms with Gasteiger partial charge in [-0.15, -0.1) is 0 Å². The number of halogens is 1. The number of aromatic amines is 1. The van der Waals surface area contributed by atoms with Gasteiger partial charge in [0.2, 0.25) is 6.79 Å². The third-order valence-corrected chi connectivity index (χ3v) is 5.37. The second-order valence-electron chi connectivity index (χ2n) is 7.70. The minimum absolute atomic E-state index is 0.0513. The van der Waals surface area contributed by atoms with Crippen molar-refractivity contribution in [2.45, 2.75) is 13.1 Å². The first kappa shape index (κ1) is 20.6. The van der Waals surface area contributed by atoms with Gasteiger partial charge in [-0.3, -0.25) is 4.79 Å². The summed E-state index contributed by atoms with van der Waals surface area (Å²) in [5, 5.41) is 3.61. The van der Waals surface area contributed by atoms with Crippen LogP contribution in [0, 0.1) is 5.82 Å². The Hall–Kier alpha value is -4.33. The molecule has 1 aliphatic heterocycles. The molecule has 0 fully saturated rings. The summed E-state index contributed by atoms with van der Waals surface area (Å²) in [6.45, 7) is 0.376. The van der Waals surface area contributed by atoms with E-state index < -0.39 is 0 Å². The van der Waals surface area contributed by atoms with Crippen molar-refractivity contribution in [1.82, 2.24) is 9.88 Å². The predicted molar refractivity (Wildman–Crippen MR) is 122 cm³/mol. The quantitative estimate of drug-likeness (QED) is 0.469. The Balaban J connectivity index is 1.46. The number of carbonyl (C=O) groups excluding carboxylic acids is 1. The molecule has 166 valence electrons. The molecule has 0 atom stereocenters. The van der Waals surface area contributed by atoms with Crippen LogP contribution in [0.1, 0.15) is 11.1 Å². The molecule has 5 rings (SSSR count). The lowest BCUT2D eigenvalue weighted by molar-refractivity contribution is 0.174. The number of ether oxygens (including phenoxy) is 2. The van der Waals surface area contributed by atoms with Crippen LogP contribution in [0.15, 0.2) is 77.6 Å². The van der Waals surface area contributed by atoms with E-state index in [1.54, 1.807) is 42.5 Å². The highest BCUT2D eigenvalue weighted by molar-refractivity contribution is 5.89. The number of nitrogens with one attached hydrogen (secondary N) is 2. The monoisotopic (exact) mass is 445 g/mol. The molecule has 0 spiro atoms. The molecule has 7 nitrogen and oxygen atoms in total.